The summed E-state index contributed by atoms with van der Waals surface area (Å²) in [7, 11) is 1.60. The summed E-state index contributed by atoms with van der Waals surface area (Å²) >= 11 is 0. The lowest BCUT2D eigenvalue weighted by molar-refractivity contribution is -0.116. The third-order valence-corrected chi connectivity index (χ3v) is 3.00. The van der Waals surface area contributed by atoms with Gasteiger partial charge in [0, 0.05) is 30.1 Å². The Labute approximate surface area is 123 Å². The van der Waals surface area contributed by atoms with Gasteiger partial charge in [0.2, 0.25) is 11.8 Å². The van der Waals surface area contributed by atoms with Gasteiger partial charge in [-0.15, -0.1) is 0 Å². The van der Waals surface area contributed by atoms with Crippen LogP contribution in [-0.4, -0.2) is 23.0 Å². The molecule has 5 heteroatoms. The molecule has 0 unspecified atom stereocenters. The molecule has 2 heterocycles. The minimum atomic E-state index is -0.200. The molecule has 0 aromatic carbocycles. The summed E-state index contributed by atoms with van der Waals surface area (Å²) in [4.78, 5) is 19.7. The Hall–Kier alpha value is -2.69. The van der Waals surface area contributed by atoms with E-state index in [1.54, 1.807) is 19.5 Å². The molecule has 0 radical (unpaired) electrons. The van der Waals surface area contributed by atoms with Crippen LogP contribution in [-0.2, 0) is 11.3 Å². The first-order valence-electron chi connectivity index (χ1n) is 6.50. The number of carbonyl (C=O) groups excluding carboxylic acids is 1. The van der Waals surface area contributed by atoms with E-state index in [0.717, 1.165) is 22.4 Å². The molecule has 21 heavy (non-hydrogen) atoms. The molecule has 0 saturated carbocycles. The second-order valence-electron chi connectivity index (χ2n) is 4.52. The summed E-state index contributed by atoms with van der Waals surface area (Å²) in [6.07, 6.45) is 4.71. The van der Waals surface area contributed by atoms with Gasteiger partial charge in [0.1, 0.15) is 0 Å². The molecule has 0 spiro atoms. The highest BCUT2D eigenvalue weighted by molar-refractivity contribution is 5.86. The molecule has 2 aromatic rings. The fourth-order valence-corrected chi connectivity index (χ4v) is 1.88. The molecule has 0 fully saturated rings. The van der Waals surface area contributed by atoms with Crippen LogP contribution in [0.5, 0.6) is 5.88 Å². The van der Waals surface area contributed by atoms with E-state index in [9.17, 15) is 4.79 Å². The van der Waals surface area contributed by atoms with Crippen LogP contribution < -0.4 is 10.1 Å². The Balaban J connectivity index is 2.13. The largest absolute Gasteiger partial charge is 0.481 e. The molecule has 108 valence electrons. The van der Waals surface area contributed by atoms with E-state index in [1.165, 1.54) is 6.08 Å². The highest BCUT2D eigenvalue weighted by atomic mass is 16.5. The van der Waals surface area contributed by atoms with Crippen molar-refractivity contribution in [2.24, 2.45) is 0 Å². The van der Waals surface area contributed by atoms with Gasteiger partial charge in [0.05, 0.1) is 12.8 Å². The van der Waals surface area contributed by atoms with Gasteiger partial charge in [-0.2, -0.15) is 0 Å². The van der Waals surface area contributed by atoms with Crippen LogP contribution in [0.15, 0.2) is 43.2 Å². The van der Waals surface area contributed by atoms with E-state index in [-0.39, 0.29) is 5.91 Å². The van der Waals surface area contributed by atoms with E-state index >= 15 is 0 Å². The number of aryl methyl sites for hydroxylation is 1. The maximum atomic E-state index is 11.1. The number of rotatable bonds is 5. The van der Waals surface area contributed by atoms with Crippen molar-refractivity contribution in [2.75, 3.05) is 7.11 Å². The highest BCUT2D eigenvalue weighted by Crippen LogP contribution is 2.22. The van der Waals surface area contributed by atoms with Crippen LogP contribution in [0.2, 0.25) is 0 Å². The smallest absolute Gasteiger partial charge is 0.243 e. The van der Waals surface area contributed by atoms with Crippen LogP contribution in [0.4, 0.5) is 0 Å². The molecule has 5 nitrogen and oxygen atoms in total. The molecule has 1 amide bonds. The molecule has 2 aromatic heterocycles. The minimum Gasteiger partial charge on any atom is -0.481 e. The van der Waals surface area contributed by atoms with Crippen molar-refractivity contribution < 1.29 is 9.53 Å². The summed E-state index contributed by atoms with van der Waals surface area (Å²) in [5, 5.41) is 2.71. The fourth-order valence-electron chi connectivity index (χ4n) is 1.88. The second kappa shape index (κ2) is 6.65. The molecular weight excluding hydrogens is 266 g/mol. The number of carbonyl (C=O) groups is 1. The average Bonchev–Trinajstić information content (AvgIpc) is 2.53. The number of ether oxygens (including phenoxy) is 1. The number of nitrogens with one attached hydrogen (secondary N) is 1. The van der Waals surface area contributed by atoms with E-state index in [0.29, 0.717) is 12.4 Å². The van der Waals surface area contributed by atoms with Crippen LogP contribution in [0.3, 0.4) is 0 Å². The number of amides is 1. The Morgan fingerprint density at radius 3 is 2.76 bits per heavy atom. The maximum Gasteiger partial charge on any atom is 0.243 e. The SMILES string of the molecule is C=CC(=O)NCc1ccc(-c2cnc(OC)c(C)c2)nc1. The number of methoxy groups -OCH3 is 1. The van der Waals surface area contributed by atoms with Crippen molar-refractivity contribution in [2.45, 2.75) is 13.5 Å². The average molecular weight is 283 g/mol. The molecule has 0 bridgehead atoms. The zero-order valence-electron chi connectivity index (χ0n) is 12.1. The Morgan fingerprint density at radius 2 is 2.19 bits per heavy atom. The maximum absolute atomic E-state index is 11.1. The first-order valence-corrected chi connectivity index (χ1v) is 6.50. The van der Waals surface area contributed by atoms with Gasteiger partial charge in [-0.25, -0.2) is 4.98 Å². The fraction of sp³-hybridized carbons (Fsp3) is 0.188. The second-order valence-corrected chi connectivity index (χ2v) is 4.52. The summed E-state index contributed by atoms with van der Waals surface area (Å²) in [6, 6.07) is 5.80. The molecule has 0 aliphatic rings. The van der Waals surface area contributed by atoms with E-state index in [2.05, 4.69) is 21.9 Å². The van der Waals surface area contributed by atoms with Crippen molar-refractivity contribution in [3.8, 4) is 17.1 Å². The van der Waals surface area contributed by atoms with Gasteiger partial charge in [0.25, 0.3) is 0 Å². The Kier molecular flexibility index (Phi) is 4.66. The Morgan fingerprint density at radius 1 is 1.38 bits per heavy atom. The summed E-state index contributed by atoms with van der Waals surface area (Å²) in [6.45, 7) is 5.77. The van der Waals surface area contributed by atoms with Crippen LogP contribution in [0.25, 0.3) is 11.3 Å². The summed E-state index contributed by atoms with van der Waals surface area (Å²) in [5.41, 5.74) is 3.63. The summed E-state index contributed by atoms with van der Waals surface area (Å²) < 4.78 is 5.14. The monoisotopic (exact) mass is 283 g/mol. The van der Waals surface area contributed by atoms with Gasteiger partial charge >= 0.3 is 0 Å². The van der Waals surface area contributed by atoms with E-state index in [4.69, 9.17) is 4.74 Å². The minimum absolute atomic E-state index is 0.200. The lowest BCUT2D eigenvalue weighted by atomic mass is 10.1. The summed E-state index contributed by atoms with van der Waals surface area (Å²) in [5.74, 6) is 0.413. The third kappa shape index (κ3) is 3.66. The van der Waals surface area contributed by atoms with E-state index in [1.807, 2.05) is 25.1 Å². The number of pyridine rings is 2. The predicted octanol–water partition coefficient (Wildman–Crippen LogP) is 2.26. The first-order chi connectivity index (χ1) is 10.1. The van der Waals surface area contributed by atoms with Gasteiger partial charge in [-0.05, 0) is 30.7 Å². The van der Waals surface area contributed by atoms with Crippen molar-refractivity contribution in [3.05, 3.63) is 54.4 Å². The van der Waals surface area contributed by atoms with Crippen molar-refractivity contribution in [3.63, 3.8) is 0 Å². The molecule has 1 N–H and O–H groups in total. The number of hydrogen-bond acceptors (Lipinski definition) is 4. The number of aromatic nitrogens is 2. The van der Waals surface area contributed by atoms with Crippen molar-refractivity contribution >= 4 is 5.91 Å². The van der Waals surface area contributed by atoms with Gasteiger partial charge < -0.3 is 10.1 Å². The van der Waals surface area contributed by atoms with Crippen LogP contribution in [0.1, 0.15) is 11.1 Å². The molecule has 0 aliphatic heterocycles. The molecule has 2 rings (SSSR count). The zero-order chi connectivity index (χ0) is 15.2. The Bertz CT molecular complexity index is 651. The first kappa shape index (κ1) is 14.7. The van der Waals surface area contributed by atoms with Crippen molar-refractivity contribution in [1.29, 1.82) is 0 Å². The third-order valence-electron chi connectivity index (χ3n) is 3.00. The number of hydrogen-bond donors (Lipinski definition) is 1. The number of nitrogens with zero attached hydrogens (tertiary/aromatic N) is 2. The van der Waals surface area contributed by atoms with Gasteiger partial charge in [-0.3, -0.25) is 9.78 Å². The normalized spacial score (nSPS) is 10.0. The van der Waals surface area contributed by atoms with Gasteiger partial charge in [-0.1, -0.05) is 12.6 Å². The zero-order valence-corrected chi connectivity index (χ0v) is 12.1. The molecule has 0 aliphatic carbocycles. The molecule has 0 atom stereocenters. The predicted molar refractivity (Wildman–Crippen MR) is 80.8 cm³/mol. The van der Waals surface area contributed by atoms with Crippen molar-refractivity contribution in [1.82, 2.24) is 15.3 Å². The lowest BCUT2D eigenvalue weighted by Crippen LogP contribution is -2.19. The molecule has 0 saturated heterocycles. The molecular formula is C16H17N3O2. The highest BCUT2D eigenvalue weighted by Gasteiger charge is 2.05. The van der Waals surface area contributed by atoms with E-state index < -0.39 is 0 Å². The lowest BCUT2D eigenvalue weighted by Gasteiger charge is -2.07. The van der Waals surface area contributed by atoms with Gasteiger partial charge in [0.15, 0.2) is 0 Å². The topological polar surface area (TPSA) is 64.1 Å². The van der Waals surface area contributed by atoms with Crippen LogP contribution in [0, 0.1) is 6.92 Å². The quantitative estimate of drug-likeness (QED) is 0.855. The standard InChI is InChI=1S/C16H17N3O2/c1-4-15(20)18-9-12-5-6-14(17-8-12)13-7-11(2)16(21-3)19-10-13/h4-8,10H,1,9H2,2-3H3,(H,18,20). The van der Waals surface area contributed by atoms with Crippen LogP contribution >= 0.6 is 0 Å².